The van der Waals surface area contributed by atoms with Crippen molar-refractivity contribution in [3.63, 3.8) is 0 Å². The number of rotatable bonds is 8. The van der Waals surface area contributed by atoms with Gasteiger partial charge >= 0.3 is 0 Å². The van der Waals surface area contributed by atoms with Crippen LogP contribution in [-0.4, -0.2) is 78.6 Å². The van der Waals surface area contributed by atoms with Crippen molar-refractivity contribution in [1.82, 2.24) is 15.1 Å². The number of amides is 2. The molecule has 1 fully saturated rings. The standard InChI is InChI=1S/C22H25Cl2FN4O3/c23-18-6-5-15(11-19(18)24)27-21(31)14-29-9-7-28(8-10-29)13-16(30)12-26-22(32)17-3-1-2-4-20(17)25/h1-6,11,16,30H,7-10,12-14H2,(H,26,32)(H,27,31). The van der Waals surface area contributed by atoms with Gasteiger partial charge in [-0.1, -0.05) is 35.3 Å². The van der Waals surface area contributed by atoms with Crippen molar-refractivity contribution in [1.29, 1.82) is 0 Å². The second-order valence-corrected chi connectivity index (χ2v) is 8.41. The van der Waals surface area contributed by atoms with Crippen LogP contribution in [-0.2, 0) is 4.79 Å². The summed E-state index contributed by atoms with van der Waals surface area (Å²) in [4.78, 5) is 28.4. The predicted octanol–water partition coefficient (Wildman–Crippen LogP) is 2.48. The minimum absolute atomic E-state index is 0.0272. The van der Waals surface area contributed by atoms with E-state index in [1.54, 1.807) is 24.3 Å². The number of piperazine rings is 1. The third-order valence-electron chi connectivity index (χ3n) is 5.12. The third kappa shape index (κ3) is 7.15. The Hall–Kier alpha value is -2.23. The van der Waals surface area contributed by atoms with Gasteiger partial charge in [0.05, 0.1) is 28.3 Å². The molecule has 7 nitrogen and oxygen atoms in total. The van der Waals surface area contributed by atoms with E-state index >= 15 is 0 Å². The number of hydrogen-bond acceptors (Lipinski definition) is 5. The van der Waals surface area contributed by atoms with Gasteiger partial charge in [-0.25, -0.2) is 4.39 Å². The third-order valence-corrected chi connectivity index (χ3v) is 5.86. The van der Waals surface area contributed by atoms with E-state index in [4.69, 9.17) is 23.2 Å². The zero-order valence-electron chi connectivity index (χ0n) is 17.4. The first-order valence-electron chi connectivity index (χ1n) is 10.2. The van der Waals surface area contributed by atoms with Crippen LogP contribution in [0.1, 0.15) is 10.4 Å². The fraction of sp³-hybridized carbons (Fsp3) is 0.364. The number of hydrogen-bond donors (Lipinski definition) is 3. The van der Waals surface area contributed by atoms with Gasteiger partial charge in [-0.3, -0.25) is 19.4 Å². The van der Waals surface area contributed by atoms with Gasteiger partial charge in [0.2, 0.25) is 5.91 Å². The number of halogens is 3. The molecule has 2 amide bonds. The number of carbonyl (C=O) groups is 2. The summed E-state index contributed by atoms with van der Waals surface area (Å²) < 4.78 is 13.6. The van der Waals surface area contributed by atoms with Gasteiger partial charge in [0.1, 0.15) is 5.82 Å². The predicted molar refractivity (Wildman–Crippen MR) is 123 cm³/mol. The average molecular weight is 483 g/mol. The van der Waals surface area contributed by atoms with Gasteiger partial charge in [-0.2, -0.15) is 0 Å². The number of nitrogens with one attached hydrogen (secondary N) is 2. The highest BCUT2D eigenvalue weighted by atomic mass is 35.5. The van der Waals surface area contributed by atoms with E-state index in [2.05, 4.69) is 15.5 Å². The van der Waals surface area contributed by atoms with Crippen LogP contribution in [0.15, 0.2) is 42.5 Å². The van der Waals surface area contributed by atoms with Crippen LogP contribution in [0.3, 0.4) is 0 Å². The highest BCUT2D eigenvalue weighted by molar-refractivity contribution is 6.42. The average Bonchev–Trinajstić information content (AvgIpc) is 2.76. The summed E-state index contributed by atoms with van der Waals surface area (Å²) in [6.07, 6.45) is -0.782. The molecule has 1 aliphatic heterocycles. The lowest BCUT2D eigenvalue weighted by molar-refractivity contribution is -0.117. The molecule has 0 aromatic heterocycles. The van der Waals surface area contributed by atoms with E-state index < -0.39 is 17.8 Å². The minimum Gasteiger partial charge on any atom is -0.390 e. The first kappa shape index (κ1) is 24.4. The number of carbonyl (C=O) groups excluding carboxylic acids is 2. The van der Waals surface area contributed by atoms with Crippen molar-refractivity contribution in [2.45, 2.75) is 6.10 Å². The number of aliphatic hydroxyl groups is 1. The number of nitrogens with zero attached hydrogens (tertiary/aromatic N) is 2. The van der Waals surface area contributed by atoms with Gasteiger partial charge in [0.15, 0.2) is 0 Å². The summed E-state index contributed by atoms with van der Waals surface area (Å²) in [5.74, 6) is -1.30. The lowest BCUT2D eigenvalue weighted by Crippen LogP contribution is -2.51. The molecule has 3 N–H and O–H groups in total. The van der Waals surface area contributed by atoms with Gasteiger partial charge in [-0.05, 0) is 30.3 Å². The molecule has 1 atom stereocenters. The molecule has 0 saturated carbocycles. The maximum Gasteiger partial charge on any atom is 0.254 e. The first-order valence-corrected chi connectivity index (χ1v) is 11.0. The molecule has 3 rings (SSSR count). The van der Waals surface area contributed by atoms with Crippen LogP contribution >= 0.6 is 23.2 Å². The molecule has 172 valence electrons. The Balaban J connectivity index is 1.36. The summed E-state index contributed by atoms with van der Waals surface area (Å²) in [5, 5.41) is 16.4. The van der Waals surface area contributed by atoms with E-state index in [1.807, 2.05) is 4.90 Å². The molecule has 2 aromatic carbocycles. The first-order chi connectivity index (χ1) is 15.3. The summed E-state index contributed by atoms with van der Waals surface area (Å²) >= 11 is 11.8. The van der Waals surface area contributed by atoms with Crippen molar-refractivity contribution in [2.24, 2.45) is 0 Å². The number of benzene rings is 2. The molecule has 0 spiro atoms. The molecule has 1 unspecified atom stereocenters. The van der Waals surface area contributed by atoms with Gasteiger partial charge < -0.3 is 15.7 Å². The second-order valence-electron chi connectivity index (χ2n) is 7.60. The maximum absolute atomic E-state index is 13.6. The Morgan fingerprint density at radius 1 is 1.03 bits per heavy atom. The van der Waals surface area contributed by atoms with Crippen LogP contribution in [0.4, 0.5) is 10.1 Å². The molecule has 10 heteroatoms. The molecule has 0 bridgehead atoms. The Bertz CT molecular complexity index is 955. The quantitative estimate of drug-likeness (QED) is 0.538. The monoisotopic (exact) mass is 482 g/mol. The van der Waals surface area contributed by atoms with Crippen LogP contribution in [0, 0.1) is 5.82 Å². The number of β-amino-alcohol motifs (C(OH)–C–C–N with tert-alkyl or cyclic N) is 1. The topological polar surface area (TPSA) is 84.9 Å². The Morgan fingerprint density at radius 3 is 2.41 bits per heavy atom. The Labute approximate surface area is 196 Å². The van der Waals surface area contributed by atoms with E-state index in [0.717, 1.165) is 0 Å². The summed E-state index contributed by atoms with van der Waals surface area (Å²) in [7, 11) is 0. The molecular weight excluding hydrogens is 458 g/mol. The lowest BCUT2D eigenvalue weighted by atomic mass is 10.2. The van der Waals surface area contributed by atoms with E-state index in [1.165, 1.54) is 18.2 Å². The number of aliphatic hydroxyl groups excluding tert-OH is 1. The van der Waals surface area contributed by atoms with Gasteiger partial charge in [0.25, 0.3) is 5.91 Å². The molecular formula is C22H25Cl2FN4O3. The van der Waals surface area contributed by atoms with Crippen molar-refractivity contribution >= 4 is 40.7 Å². The van der Waals surface area contributed by atoms with Crippen molar-refractivity contribution in [3.05, 3.63) is 63.9 Å². The highest BCUT2D eigenvalue weighted by Crippen LogP contribution is 2.25. The largest absolute Gasteiger partial charge is 0.390 e. The number of anilines is 1. The summed E-state index contributed by atoms with van der Waals surface area (Å²) in [6.45, 7) is 3.35. The molecule has 1 heterocycles. The lowest BCUT2D eigenvalue weighted by Gasteiger charge is -2.35. The van der Waals surface area contributed by atoms with E-state index in [0.29, 0.717) is 48.5 Å². The van der Waals surface area contributed by atoms with Crippen molar-refractivity contribution < 1.29 is 19.1 Å². The zero-order chi connectivity index (χ0) is 23.1. The molecule has 0 aliphatic carbocycles. The van der Waals surface area contributed by atoms with Crippen LogP contribution < -0.4 is 10.6 Å². The molecule has 1 aliphatic rings. The molecule has 1 saturated heterocycles. The van der Waals surface area contributed by atoms with Crippen molar-refractivity contribution in [3.8, 4) is 0 Å². The summed E-state index contributed by atoms with van der Waals surface area (Å²) in [5.41, 5.74) is 0.538. The van der Waals surface area contributed by atoms with Crippen LogP contribution in [0.25, 0.3) is 0 Å². The molecule has 2 aromatic rings. The van der Waals surface area contributed by atoms with Crippen molar-refractivity contribution in [2.75, 3.05) is 51.1 Å². The normalized spacial score (nSPS) is 15.9. The fourth-order valence-corrected chi connectivity index (χ4v) is 3.72. The Morgan fingerprint density at radius 2 is 1.72 bits per heavy atom. The van der Waals surface area contributed by atoms with Crippen LogP contribution in [0.2, 0.25) is 10.0 Å². The molecule has 0 radical (unpaired) electrons. The smallest absolute Gasteiger partial charge is 0.254 e. The Kier molecular flexibility index (Phi) is 8.84. The zero-order valence-corrected chi connectivity index (χ0v) is 18.9. The van der Waals surface area contributed by atoms with Crippen LogP contribution in [0.5, 0.6) is 0 Å². The fourth-order valence-electron chi connectivity index (χ4n) is 3.42. The van der Waals surface area contributed by atoms with Gasteiger partial charge in [-0.15, -0.1) is 0 Å². The SMILES string of the molecule is O=C(CN1CCN(CC(O)CNC(=O)c2ccccc2F)CC1)Nc1ccc(Cl)c(Cl)c1. The van der Waals surface area contributed by atoms with E-state index in [9.17, 15) is 19.1 Å². The molecule has 32 heavy (non-hydrogen) atoms. The second kappa shape index (κ2) is 11.6. The minimum atomic E-state index is -0.782. The highest BCUT2D eigenvalue weighted by Gasteiger charge is 2.21. The summed E-state index contributed by atoms with van der Waals surface area (Å²) in [6, 6.07) is 10.6. The van der Waals surface area contributed by atoms with Gasteiger partial charge in [0, 0.05) is 45.0 Å². The van der Waals surface area contributed by atoms with E-state index in [-0.39, 0.29) is 24.6 Å². The maximum atomic E-state index is 13.6.